The fraction of sp³-hybridized carbons (Fsp3) is 0.435. The summed E-state index contributed by atoms with van der Waals surface area (Å²) in [5.74, 6) is -0.0784. The fourth-order valence-electron chi connectivity index (χ4n) is 4.37. The van der Waals surface area contributed by atoms with E-state index in [4.69, 9.17) is 5.73 Å². The molecule has 0 saturated carbocycles. The maximum atomic E-state index is 13.0. The highest BCUT2D eigenvalue weighted by Crippen LogP contribution is 2.30. The smallest absolute Gasteiger partial charge is 0.247 e. The summed E-state index contributed by atoms with van der Waals surface area (Å²) in [6, 6.07) is 11.8. The van der Waals surface area contributed by atoms with Crippen LogP contribution in [0.2, 0.25) is 0 Å². The Hall–Kier alpha value is -2.62. The lowest BCUT2D eigenvalue weighted by Gasteiger charge is -2.35. The predicted octanol–water partition coefficient (Wildman–Crippen LogP) is 1.69. The van der Waals surface area contributed by atoms with Crippen molar-refractivity contribution >= 4 is 33.0 Å². The van der Waals surface area contributed by atoms with E-state index in [2.05, 4.69) is 21.6 Å². The molecule has 0 spiro atoms. The summed E-state index contributed by atoms with van der Waals surface area (Å²) >= 11 is 0. The minimum Gasteiger partial charge on any atom is -0.373 e. The van der Waals surface area contributed by atoms with Crippen LogP contribution in [0.4, 0.5) is 17.1 Å². The number of nitrogens with zero attached hydrogens (tertiary/aromatic N) is 2. The van der Waals surface area contributed by atoms with Gasteiger partial charge >= 0.3 is 0 Å². The maximum absolute atomic E-state index is 13.0. The van der Waals surface area contributed by atoms with E-state index in [9.17, 15) is 13.2 Å². The van der Waals surface area contributed by atoms with E-state index in [-0.39, 0.29) is 24.2 Å². The average Bonchev–Trinajstić information content (AvgIpc) is 3.21. The zero-order valence-electron chi connectivity index (χ0n) is 18.6. The molecule has 1 fully saturated rings. The van der Waals surface area contributed by atoms with Gasteiger partial charge in [0, 0.05) is 56.2 Å². The summed E-state index contributed by atoms with van der Waals surface area (Å²) in [6.45, 7) is 6.20. The van der Waals surface area contributed by atoms with Gasteiger partial charge in [-0.3, -0.25) is 4.79 Å². The van der Waals surface area contributed by atoms with Gasteiger partial charge in [0.25, 0.3) is 0 Å². The summed E-state index contributed by atoms with van der Waals surface area (Å²) < 4.78 is 26.0. The van der Waals surface area contributed by atoms with Gasteiger partial charge in [-0.2, -0.15) is 4.31 Å². The minimum atomic E-state index is -3.29. The van der Waals surface area contributed by atoms with Crippen LogP contribution in [0, 0.1) is 13.8 Å². The third-order valence-electron chi connectivity index (χ3n) is 6.27. The largest absolute Gasteiger partial charge is 0.373 e. The first-order valence-corrected chi connectivity index (χ1v) is 12.6. The number of benzene rings is 2. The Balaban J connectivity index is 1.42. The van der Waals surface area contributed by atoms with Crippen molar-refractivity contribution in [2.24, 2.45) is 5.73 Å². The molecule has 2 heterocycles. The highest BCUT2D eigenvalue weighted by Gasteiger charge is 2.29. The topological polar surface area (TPSA) is 108 Å². The lowest BCUT2D eigenvalue weighted by molar-refractivity contribution is -0.116. The molecule has 9 heteroatoms. The molecule has 2 aliphatic rings. The lowest BCUT2D eigenvalue weighted by atomic mass is 10.1. The van der Waals surface area contributed by atoms with Crippen LogP contribution in [0.15, 0.2) is 36.4 Å². The number of fused-ring (bicyclic) bond motifs is 1. The van der Waals surface area contributed by atoms with E-state index in [0.29, 0.717) is 32.6 Å². The number of carbonyl (C=O) groups is 1. The maximum Gasteiger partial charge on any atom is 0.247 e. The van der Waals surface area contributed by atoms with Gasteiger partial charge in [0.2, 0.25) is 15.9 Å². The van der Waals surface area contributed by atoms with E-state index in [1.165, 1.54) is 4.31 Å². The Morgan fingerprint density at radius 3 is 2.56 bits per heavy atom. The summed E-state index contributed by atoms with van der Waals surface area (Å²) in [4.78, 5) is 15.1. The quantitative estimate of drug-likeness (QED) is 0.609. The monoisotopic (exact) mass is 457 g/mol. The molecule has 1 amide bonds. The van der Waals surface area contributed by atoms with E-state index < -0.39 is 10.0 Å². The summed E-state index contributed by atoms with van der Waals surface area (Å²) in [7, 11) is -3.29. The van der Waals surface area contributed by atoms with Gasteiger partial charge in [-0.15, -0.1) is 0 Å². The molecular formula is C23H31N5O3S. The normalized spacial score (nSPS) is 18.8. The molecule has 0 aromatic heterocycles. The number of amides is 1. The number of piperazine rings is 1. The molecule has 172 valence electrons. The second-order valence-electron chi connectivity index (χ2n) is 8.49. The van der Waals surface area contributed by atoms with Gasteiger partial charge in [-0.1, -0.05) is 24.3 Å². The SMILES string of the molecule is Cc1ccc(N2CCN(S(=O)(=O)CCN)CC2)cc1NC(=O)C1Cc2cccc(C)c2N1. The van der Waals surface area contributed by atoms with Crippen LogP contribution in [0.1, 0.15) is 16.7 Å². The van der Waals surface area contributed by atoms with E-state index in [1.54, 1.807) is 0 Å². The number of sulfonamides is 1. The Morgan fingerprint density at radius 1 is 1.12 bits per heavy atom. The van der Waals surface area contributed by atoms with Crippen molar-refractivity contribution in [3.8, 4) is 0 Å². The molecule has 0 radical (unpaired) electrons. The van der Waals surface area contributed by atoms with Crippen molar-refractivity contribution in [1.82, 2.24) is 4.31 Å². The number of anilines is 3. The van der Waals surface area contributed by atoms with E-state index in [1.807, 2.05) is 44.2 Å². The third kappa shape index (κ3) is 4.60. The third-order valence-corrected chi connectivity index (χ3v) is 8.17. The molecule has 2 aromatic rings. The molecule has 32 heavy (non-hydrogen) atoms. The van der Waals surface area contributed by atoms with Gasteiger partial charge in [0.05, 0.1) is 5.75 Å². The van der Waals surface area contributed by atoms with Crippen molar-refractivity contribution in [3.63, 3.8) is 0 Å². The van der Waals surface area contributed by atoms with Gasteiger partial charge < -0.3 is 21.3 Å². The fourth-order valence-corrected chi connectivity index (χ4v) is 5.65. The zero-order valence-corrected chi connectivity index (χ0v) is 19.4. The second-order valence-corrected chi connectivity index (χ2v) is 10.6. The van der Waals surface area contributed by atoms with Crippen LogP contribution in [0.25, 0.3) is 0 Å². The molecule has 1 unspecified atom stereocenters. The van der Waals surface area contributed by atoms with Gasteiger partial charge in [0.15, 0.2) is 0 Å². The van der Waals surface area contributed by atoms with Crippen molar-refractivity contribution in [3.05, 3.63) is 53.1 Å². The zero-order chi connectivity index (χ0) is 22.9. The molecule has 2 aromatic carbocycles. The van der Waals surface area contributed by atoms with Crippen molar-refractivity contribution in [2.75, 3.05) is 54.0 Å². The highest BCUT2D eigenvalue weighted by atomic mass is 32.2. The van der Waals surface area contributed by atoms with Crippen LogP contribution >= 0.6 is 0 Å². The molecule has 2 aliphatic heterocycles. The first-order valence-electron chi connectivity index (χ1n) is 11.0. The molecule has 0 bridgehead atoms. The lowest BCUT2D eigenvalue weighted by Crippen LogP contribution is -2.49. The first-order chi connectivity index (χ1) is 15.3. The molecular weight excluding hydrogens is 426 g/mol. The number of para-hydroxylation sites is 1. The Labute approximate surface area is 189 Å². The number of nitrogens with two attached hydrogens (primary N) is 1. The van der Waals surface area contributed by atoms with Gasteiger partial charge in [-0.05, 0) is 42.7 Å². The van der Waals surface area contributed by atoms with Crippen molar-refractivity contribution < 1.29 is 13.2 Å². The van der Waals surface area contributed by atoms with Gasteiger partial charge in [-0.25, -0.2) is 8.42 Å². The van der Waals surface area contributed by atoms with Crippen LogP contribution in [-0.2, 0) is 21.2 Å². The van der Waals surface area contributed by atoms with Crippen LogP contribution < -0.4 is 21.3 Å². The summed E-state index contributed by atoms with van der Waals surface area (Å²) in [5.41, 5.74) is 11.5. The van der Waals surface area contributed by atoms with Crippen LogP contribution in [0.5, 0.6) is 0 Å². The van der Waals surface area contributed by atoms with Crippen molar-refractivity contribution in [2.45, 2.75) is 26.3 Å². The van der Waals surface area contributed by atoms with Crippen molar-refractivity contribution in [1.29, 1.82) is 0 Å². The van der Waals surface area contributed by atoms with Crippen LogP contribution in [-0.4, -0.2) is 63.1 Å². The molecule has 8 nitrogen and oxygen atoms in total. The summed E-state index contributed by atoms with van der Waals surface area (Å²) in [5, 5.41) is 6.44. The van der Waals surface area contributed by atoms with Crippen LogP contribution in [0.3, 0.4) is 0 Å². The number of aryl methyl sites for hydroxylation is 2. The number of hydrogen-bond donors (Lipinski definition) is 3. The number of rotatable bonds is 6. The molecule has 1 atom stereocenters. The first kappa shape index (κ1) is 22.6. The molecule has 1 saturated heterocycles. The minimum absolute atomic E-state index is 0.0215. The summed E-state index contributed by atoms with van der Waals surface area (Å²) in [6.07, 6.45) is 0.667. The predicted molar refractivity (Wildman–Crippen MR) is 129 cm³/mol. The molecule has 4 N–H and O–H groups in total. The Kier molecular flexibility index (Phi) is 6.41. The number of nitrogens with one attached hydrogen (secondary N) is 2. The standard InChI is InChI=1S/C23H31N5O3S/c1-16-6-7-19(27-9-11-28(12-10-27)32(30,31)13-8-24)15-20(16)26-23(29)21-14-18-5-3-4-17(2)22(18)25-21/h3-7,15,21,25H,8-14,24H2,1-2H3,(H,26,29). The molecule has 4 rings (SSSR count). The number of hydrogen-bond acceptors (Lipinski definition) is 6. The highest BCUT2D eigenvalue weighted by molar-refractivity contribution is 7.89. The Morgan fingerprint density at radius 2 is 1.88 bits per heavy atom. The number of carbonyl (C=O) groups excluding carboxylic acids is 1. The van der Waals surface area contributed by atoms with E-state index in [0.717, 1.165) is 33.8 Å². The molecule has 0 aliphatic carbocycles. The van der Waals surface area contributed by atoms with Gasteiger partial charge in [0.1, 0.15) is 6.04 Å². The van der Waals surface area contributed by atoms with E-state index >= 15 is 0 Å². The average molecular weight is 458 g/mol. The Bertz CT molecular complexity index is 1110. The second kappa shape index (κ2) is 9.09.